The molecule has 2 heterocycles. The Morgan fingerprint density at radius 1 is 1.29 bits per heavy atom. The fourth-order valence-corrected chi connectivity index (χ4v) is 2.46. The van der Waals surface area contributed by atoms with Crippen molar-refractivity contribution in [3.63, 3.8) is 0 Å². The summed E-state index contributed by atoms with van der Waals surface area (Å²) in [6, 6.07) is 11.3. The molecule has 106 valence electrons. The van der Waals surface area contributed by atoms with Gasteiger partial charge in [-0.05, 0) is 23.9 Å². The second-order valence-corrected chi connectivity index (χ2v) is 5.33. The van der Waals surface area contributed by atoms with E-state index < -0.39 is 0 Å². The zero-order valence-electron chi connectivity index (χ0n) is 11.3. The Hall–Kier alpha value is -2.47. The summed E-state index contributed by atoms with van der Waals surface area (Å²) < 4.78 is 10.2. The molecule has 0 bridgehead atoms. The molecule has 0 atom stereocenters. The monoisotopic (exact) mass is 300 g/mol. The molecule has 3 rings (SSSR count). The number of hydrogen-bond acceptors (Lipinski definition) is 6. The molecule has 0 aliphatic carbocycles. The molecular formula is C15H12N2O3S. The standard InChI is InChI=1S/C15H12N2O3S/c1-10-5-2-3-6-11(10)14-16-13(20-17-14)9-19-15(18)12-7-4-8-21-12/h2-8H,9H2,1H3. The average Bonchev–Trinajstić information content (AvgIpc) is 3.17. The van der Waals surface area contributed by atoms with Gasteiger partial charge in [-0.1, -0.05) is 35.5 Å². The second-order valence-electron chi connectivity index (χ2n) is 4.38. The Kier molecular flexibility index (Phi) is 3.79. The van der Waals surface area contributed by atoms with Gasteiger partial charge in [-0.3, -0.25) is 0 Å². The lowest BCUT2D eigenvalue weighted by Crippen LogP contribution is -2.03. The van der Waals surface area contributed by atoms with Crippen LogP contribution in [0.4, 0.5) is 0 Å². The van der Waals surface area contributed by atoms with Gasteiger partial charge in [-0.2, -0.15) is 4.98 Å². The van der Waals surface area contributed by atoms with Crippen molar-refractivity contribution in [2.24, 2.45) is 0 Å². The largest absolute Gasteiger partial charge is 0.451 e. The number of carbonyl (C=O) groups is 1. The Morgan fingerprint density at radius 3 is 2.90 bits per heavy atom. The van der Waals surface area contributed by atoms with Crippen molar-refractivity contribution in [3.8, 4) is 11.4 Å². The molecule has 0 saturated carbocycles. The van der Waals surface area contributed by atoms with Gasteiger partial charge in [-0.15, -0.1) is 11.3 Å². The van der Waals surface area contributed by atoms with Crippen LogP contribution in [0.25, 0.3) is 11.4 Å². The first kappa shape index (κ1) is 13.5. The molecule has 21 heavy (non-hydrogen) atoms. The summed E-state index contributed by atoms with van der Waals surface area (Å²) in [5.41, 5.74) is 1.96. The topological polar surface area (TPSA) is 65.2 Å². The number of esters is 1. The van der Waals surface area contributed by atoms with Crippen LogP contribution in [-0.2, 0) is 11.3 Å². The lowest BCUT2D eigenvalue weighted by molar-refractivity contribution is 0.0435. The Balaban J connectivity index is 1.69. The van der Waals surface area contributed by atoms with Crippen LogP contribution in [0.15, 0.2) is 46.3 Å². The second kappa shape index (κ2) is 5.88. The summed E-state index contributed by atoms with van der Waals surface area (Å²) in [7, 11) is 0. The molecule has 0 saturated heterocycles. The highest BCUT2D eigenvalue weighted by molar-refractivity contribution is 7.11. The van der Waals surface area contributed by atoms with E-state index in [1.165, 1.54) is 11.3 Å². The molecule has 6 heteroatoms. The van der Waals surface area contributed by atoms with Crippen LogP contribution in [0, 0.1) is 6.92 Å². The molecule has 0 amide bonds. The van der Waals surface area contributed by atoms with Gasteiger partial charge in [0.1, 0.15) is 4.88 Å². The number of nitrogens with zero attached hydrogens (tertiary/aromatic N) is 2. The number of hydrogen-bond donors (Lipinski definition) is 0. The van der Waals surface area contributed by atoms with Crippen molar-refractivity contribution in [1.82, 2.24) is 10.1 Å². The normalized spacial score (nSPS) is 10.5. The predicted octanol–water partition coefficient (Wildman–Crippen LogP) is 3.46. The van der Waals surface area contributed by atoms with E-state index in [2.05, 4.69) is 10.1 Å². The van der Waals surface area contributed by atoms with Crippen molar-refractivity contribution in [1.29, 1.82) is 0 Å². The van der Waals surface area contributed by atoms with Gasteiger partial charge in [0.05, 0.1) is 0 Å². The molecule has 3 aromatic rings. The summed E-state index contributed by atoms with van der Waals surface area (Å²) in [6.45, 7) is 1.94. The smallest absolute Gasteiger partial charge is 0.348 e. The molecule has 0 unspecified atom stereocenters. The van der Waals surface area contributed by atoms with Crippen LogP contribution in [0.3, 0.4) is 0 Å². The number of aromatic nitrogens is 2. The van der Waals surface area contributed by atoms with E-state index in [-0.39, 0.29) is 18.5 Å². The maximum absolute atomic E-state index is 11.7. The fourth-order valence-electron chi connectivity index (χ4n) is 1.84. The highest BCUT2D eigenvalue weighted by Crippen LogP contribution is 2.20. The first-order valence-corrected chi connectivity index (χ1v) is 7.21. The number of carbonyl (C=O) groups excluding carboxylic acids is 1. The molecule has 5 nitrogen and oxygen atoms in total. The number of aryl methyl sites for hydroxylation is 1. The summed E-state index contributed by atoms with van der Waals surface area (Å²) >= 11 is 1.33. The average molecular weight is 300 g/mol. The number of rotatable bonds is 4. The Bertz CT molecular complexity index is 750. The minimum Gasteiger partial charge on any atom is -0.451 e. The minimum atomic E-state index is -0.388. The highest BCUT2D eigenvalue weighted by atomic mass is 32.1. The molecule has 0 aliphatic heterocycles. The van der Waals surface area contributed by atoms with E-state index in [9.17, 15) is 4.79 Å². The van der Waals surface area contributed by atoms with Gasteiger partial charge in [0.15, 0.2) is 6.61 Å². The van der Waals surface area contributed by atoms with Crippen molar-refractivity contribution in [2.45, 2.75) is 13.5 Å². The van der Waals surface area contributed by atoms with E-state index in [0.29, 0.717) is 10.7 Å². The van der Waals surface area contributed by atoms with Crippen molar-refractivity contribution < 1.29 is 14.1 Å². The summed E-state index contributed by atoms with van der Waals surface area (Å²) in [6.07, 6.45) is 0. The van der Waals surface area contributed by atoms with Crippen molar-refractivity contribution in [2.75, 3.05) is 0 Å². The fraction of sp³-hybridized carbons (Fsp3) is 0.133. The minimum absolute atomic E-state index is 0.0321. The zero-order chi connectivity index (χ0) is 14.7. The van der Waals surface area contributed by atoms with Gasteiger partial charge >= 0.3 is 5.97 Å². The number of ether oxygens (including phenoxy) is 1. The van der Waals surface area contributed by atoms with E-state index in [4.69, 9.17) is 9.26 Å². The molecule has 1 aromatic carbocycles. The van der Waals surface area contributed by atoms with Gasteiger partial charge in [0.2, 0.25) is 5.82 Å². The maximum atomic E-state index is 11.7. The summed E-state index contributed by atoms with van der Waals surface area (Å²) in [5, 5.41) is 5.73. The number of thiophene rings is 1. The van der Waals surface area contributed by atoms with E-state index >= 15 is 0 Å². The van der Waals surface area contributed by atoms with Crippen LogP contribution >= 0.6 is 11.3 Å². The third-order valence-corrected chi connectivity index (χ3v) is 3.75. The van der Waals surface area contributed by atoms with E-state index in [0.717, 1.165) is 11.1 Å². The van der Waals surface area contributed by atoms with Crippen LogP contribution in [-0.4, -0.2) is 16.1 Å². The van der Waals surface area contributed by atoms with Crippen LogP contribution in [0.5, 0.6) is 0 Å². The van der Waals surface area contributed by atoms with Crippen molar-refractivity contribution in [3.05, 3.63) is 58.1 Å². The van der Waals surface area contributed by atoms with E-state index in [1.54, 1.807) is 12.1 Å². The molecular weight excluding hydrogens is 288 g/mol. The predicted molar refractivity (Wildman–Crippen MR) is 77.9 cm³/mol. The van der Waals surface area contributed by atoms with Crippen LogP contribution in [0.1, 0.15) is 21.1 Å². The van der Waals surface area contributed by atoms with Crippen LogP contribution in [0.2, 0.25) is 0 Å². The molecule has 2 aromatic heterocycles. The highest BCUT2D eigenvalue weighted by Gasteiger charge is 2.13. The van der Waals surface area contributed by atoms with Crippen molar-refractivity contribution >= 4 is 17.3 Å². The molecule has 0 radical (unpaired) electrons. The summed E-state index contributed by atoms with van der Waals surface area (Å²) in [5.74, 6) is 0.383. The third-order valence-electron chi connectivity index (χ3n) is 2.90. The Morgan fingerprint density at radius 2 is 2.14 bits per heavy atom. The SMILES string of the molecule is Cc1ccccc1-c1noc(COC(=O)c2cccs2)n1. The first-order valence-electron chi connectivity index (χ1n) is 6.33. The molecule has 0 aliphatic rings. The number of benzene rings is 1. The van der Waals surface area contributed by atoms with Gasteiger partial charge in [0.25, 0.3) is 5.89 Å². The Labute approximate surface area is 125 Å². The zero-order valence-corrected chi connectivity index (χ0v) is 12.1. The maximum Gasteiger partial charge on any atom is 0.348 e. The lowest BCUT2D eigenvalue weighted by atomic mass is 10.1. The van der Waals surface area contributed by atoms with Gasteiger partial charge in [0, 0.05) is 5.56 Å². The summed E-state index contributed by atoms with van der Waals surface area (Å²) in [4.78, 5) is 16.5. The van der Waals surface area contributed by atoms with Crippen LogP contribution < -0.4 is 0 Å². The van der Waals surface area contributed by atoms with Gasteiger partial charge in [-0.25, -0.2) is 4.79 Å². The first-order chi connectivity index (χ1) is 10.2. The third kappa shape index (κ3) is 3.00. The van der Waals surface area contributed by atoms with E-state index in [1.807, 2.05) is 36.6 Å². The van der Waals surface area contributed by atoms with Gasteiger partial charge < -0.3 is 9.26 Å². The molecule has 0 N–H and O–H groups in total. The quantitative estimate of drug-likeness (QED) is 0.690. The lowest BCUT2D eigenvalue weighted by Gasteiger charge is -1.99. The molecule has 0 fully saturated rings. The molecule has 0 spiro atoms.